The second kappa shape index (κ2) is 10.1. The van der Waals surface area contributed by atoms with Crippen molar-refractivity contribution in [1.82, 2.24) is 25.7 Å². The van der Waals surface area contributed by atoms with Crippen molar-refractivity contribution in [3.8, 4) is 11.4 Å². The minimum Gasteiger partial charge on any atom is -0.355 e. The van der Waals surface area contributed by atoms with Crippen LogP contribution < -0.4 is 5.32 Å². The Kier molecular flexibility index (Phi) is 7.50. The Morgan fingerprint density at radius 1 is 1.30 bits per heavy atom. The Labute approximate surface area is 173 Å². The number of carbonyl (C=O) groups is 1. The van der Waals surface area contributed by atoms with E-state index in [2.05, 4.69) is 25.7 Å². The normalized spacial score (nSPS) is 10.9. The zero-order chi connectivity index (χ0) is 19.1. The first-order chi connectivity index (χ1) is 13.1. The lowest BCUT2D eigenvalue weighted by molar-refractivity contribution is -0.118. The molecule has 3 rings (SSSR count). The predicted octanol–water partition coefficient (Wildman–Crippen LogP) is 4.15. The molecule has 0 fully saturated rings. The topological polar surface area (TPSA) is 93.8 Å². The fourth-order valence-electron chi connectivity index (χ4n) is 1.94. The zero-order valence-electron chi connectivity index (χ0n) is 14.3. The number of rotatable bonds is 9. The van der Waals surface area contributed by atoms with Gasteiger partial charge in [0.15, 0.2) is 8.68 Å². The minimum absolute atomic E-state index is 0.00524. The molecule has 1 N–H and O–H groups in total. The molecule has 0 atom stereocenters. The number of halogens is 1. The van der Waals surface area contributed by atoms with Crippen LogP contribution in [0.3, 0.4) is 0 Å². The molecule has 1 amide bonds. The molecule has 27 heavy (non-hydrogen) atoms. The number of benzene rings is 1. The molecule has 3 aromatic rings. The van der Waals surface area contributed by atoms with Crippen molar-refractivity contribution in [3.63, 3.8) is 0 Å². The summed E-state index contributed by atoms with van der Waals surface area (Å²) in [4.78, 5) is 16.0. The Morgan fingerprint density at radius 2 is 2.11 bits per heavy atom. The molecule has 0 aliphatic heterocycles. The Balaban J connectivity index is 1.49. The van der Waals surface area contributed by atoms with Crippen LogP contribution in [0.15, 0.2) is 37.5 Å². The number of nitrogens with zero attached hydrogens (tertiary/aromatic N) is 4. The molecule has 7 nitrogen and oxygen atoms in total. The van der Waals surface area contributed by atoms with Crippen LogP contribution in [0.1, 0.15) is 19.2 Å². The van der Waals surface area contributed by atoms with Crippen molar-refractivity contribution < 1.29 is 9.32 Å². The molecule has 11 heteroatoms. The summed E-state index contributed by atoms with van der Waals surface area (Å²) in [5.74, 6) is 1.83. The molecular weight excluding hydrogens is 426 g/mol. The van der Waals surface area contributed by atoms with Gasteiger partial charge in [0, 0.05) is 17.1 Å². The zero-order valence-corrected chi connectivity index (χ0v) is 17.6. The number of hydrogen-bond acceptors (Lipinski definition) is 9. The molecule has 0 bridgehead atoms. The maximum Gasteiger partial charge on any atom is 0.237 e. The highest BCUT2D eigenvalue weighted by atomic mass is 35.5. The van der Waals surface area contributed by atoms with Crippen LogP contribution in [0.25, 0.3) is 11.4 Å². The van der Waals surface area contributed by atoms with Crippen molar-refractivity contribution in [1.29, 1.82) is 0 Å². The summed E-state index contributed by atoms with van der Waals surface area (Å²) in [6.45, 7) is 2.71. The fourth-order valence-corrected chi connectivity index (χ4v) is 4.82. The first-order valence-corrected chi connectivity index (χ1v) is 11.2. The van der Waals surface area contributed by atoms with Crippen LogP contribution in [-0.2, 0) is 10.5 Å². The maximum absolute atomic E-state index is 11.6. The molecule has 0 saturated heterocycles. The summed E-state index contributed by atoms with van der Waals surface area (Å²) >= 11 is 10.3. The van der Waals surface area contributed by atoms with Gasteiger partial charge in [-0.05, 0) is 18.6 Å². The lowest BCUT2D eigenvalue weighted by atomic mass is 10.2. The summed E-state index contributed by atoms with van der Waals surface area (Å²) in [6.07, 6.45) is 0.921. The van der Waals surface area contributed by atoms with Crippen LogP contribution in [0.2, 0.25) is 5.02 Å². The second-order valence-corrected chi connectivity index (χ2v) is 9.14. The van der Waals surface area contributed by atoms with Gasteiger partial charge in [0.2, 0.25) is 17.6 Å². The van der Waals surface area contributed by atoms with E-state index in [1.54, 1.807) is 12.1 Å². The number of aromatic nitrogens is 4. The Morgan fingerprint density at radius 3 is 2.89 bits per heavy atom. The lowest BCUT2D eigenvalue weighted by Crippen LogP contribution is -2.25. The van der Waals surface area contributed by atoms with Crippen LogP contribution in [0.5, 0.6) is 0 Å². The molecule has 1 aromatic carbocycles. The van der Waals surface area contributed by atoms with E-state index in [-0.39, 0.29) is 5.91 Å². The van der Waals surface area contributed by atoms with E-state index in [9.17, 15) is 4.79 Å². The Bertz CT molecular complexity index is 902. The van der Waals surface area contributed by atoms with Crippen molar-refractivity contribution in [3.05, 3.63) is 35.2 Å². The number of nitrogens with one attached hydrogen (secondary N) is 1. The van der Waals surface area contributed by atoms with E-state index in [1.165, 1.54) is 34.9 Å². The molecular formula is C16H16ClN5O2S3. The van der Waals surface area contributed by atoms with Gasteiger partial charge >= 0.3 is 0 Å². The Hall–Kier alpha value is -1.62. The molecule has 0 spiro atoms. The summed E-state index contributed by atoms with van der Waals surface area (Å²) < 4.78 is 6.82. The predicted molar refractivity (Wildman–Crippen MR) is 108 cm³/mol. The molecule has 0 aliphatic rings. The van der Waals surface area contributed by atoms with Crippen molar-refractivity contribution in [2.45, 2.75) is 27.8 Å². The van der Waals surface area contributed by atoms with E-state index in [1.807, 2.05) is 19.1 Å². The van der Waals surface area contributed by atoms with E-state index >= 15 is 0 Å². The molecule has 0 saturated carbocycles. The third-order valence-electron chi connectivity index (χ3n) is 3.16. The molecule has 2 aromatic heterocycles. The van der Waals surface area contributed by atoms with Gasteiger partial charge in [0.25, 0.3) is 0 Å². The van der Waals surface area contributed by atoms with Gasteiger partial charge in [-0.1, -0.05) is 70.7 Å². The highest BCUT2D eigenvalue weighted by Crippen LogP contribution is 2.30. The molecule has 142 valence electrons. The lowest BCUT2D eigenvalue weighted by Gasteiger charge is -2.00. The van der Waals surface area contributed by atoms with E-state index in [0.29, 0.717) is 34.8 Å². The third-order valence-corrected chi connectivity index (χ3v) is 6.57. The highest BCUT2D eigenvalue weighted by molar-refractivity contribution is 8.03. The van der Waals surface area contributed by atoms with Gasteiger partial charge in [-0.2, -0.15) is 4.98 Å². The first-order valence-electron chi connectivity index (χ1n) is 8.08. The number of amides is 1. The standard InChI is InChI=1S/C16H16ClN5O2S3/c1-2-6-18-12(23)8-25-15-20-21-16(27-15)26-9-13-19-14(22-24-13)10-4-3-5-11(17)7-10/h3-5,7H,2,6,8-9H2,1H3,(H,18,23). The van der Waals surface area contributed by atoms with E-state index in [0.717, 1.165) is 20.7 Å². The largest absolute Gasteiger partial charge is 0.355 e. The van der Waals surface area contributed by atoms with Crippen LogP contribution in [0, 0.1) is 0 Å². The van der Waals surface area contributed by atoms with Gasteiger partial charge < -0.3 is 9.84 Å². The maximum atomic E-state index is 11.6. The monoisotopic (exact) mass is 441 g/mol. The summed E-state index contributed by atoms with van der Waals surface area (Å²) in [5.41, 5.74) is 0.804. The average molecular weight is 442 g/mol. The van der Waals surface area contributed by atoms with Gasteiger partial charge in [0.05, 0.1) is 11.5 Å². The van der Waals surface area contributed by atoms with Gasteiger partial charge in [-0.3, -0.25) is 4.79 Å². The average Bonchev–Trinajstić information content (AvgIpc) is 3.32. The number of hydrogen-bond donors (Lipinski definition) is 1. The van der Waals surface area contributed by atoms with Crippen molar-refractivity contribution >= 4 is 52.4 Å². The van der Waals surface area contributed by atoms with Crippen molar-refractivity contribution in [2.75, 3.05) is 12.3 Å². The highest BCUT2D eigenvalue weighted by Gasteiger charge is 2.12. The summed E-state index contributed by atoms with van der Waals surface area (Å²) in [6, 6.07) is 7.29. The SMILES string of the molecule is CCCNC(=O)CSc1nnc(SCc2nc(-c3cccc(Cl)c3)no2)s1. The quantitative estimate of drug-likeness (QED) is 0.495. The van der Waals surface area contributed by atoms with Crippen LogP contribution in [-0.4, -0.2) is 38.5 Å². The van der Waals surface area contributed by atoms with E-state index < -0.39 is 0 Å². The number of carbonyl (C=O) groups excluding carboxylic acids is 1. The summed E-state index contributed by atoms with van der Waals surface area (Å²) in [5, 5.41) is 15.6. The summed E-state index contributed by atoms with van der Waals surface area (Å²) in [7, 11) is 0. The fraction of sp³-hybridized carbons (Fsp3) is 0.312. The third kappa shape index (κ3) is 6.20. The second-order valence-electron chi connectivity index (χ2n) is 5.28. The molecule has 0 unspecified atom stereocenters. The molecule has 0 radical (unpaired) electrons. The van der Waals surface area contributed by atoms with Crippen molar-refractivity contribution in [2.24, 2.45) is 0 Å². The molecule has 2 heterocycles. The van der Waals surface area contributed by atoms with Gasteiger partial charge in [0.1, 0.15) is 0 Å². The van der Waals surface area contributed by atoms with Gasteiger partial charge in [-0.25, -0.2) is 0 Å². The number of thioether (sulfide) groups is 2. The smallest absolute Gasteiger partial charge is 0.237 e. The first kappa shape index (κ1) is 20.1. The van der Waals surface area contributed by atoms with Crippen LogP contribution >= 0.6 is 46.5 Å². The minimum atomic E-state index is 0.00524. The molecule has 0 aliphatic carbocycles. The van der Waals surface area contributed by atoms with E-state index in [4.69, 9.17) is 16.1 Å². The van der Waals surface area contributed by atoms with Crippen LogP contribution in [0.4, 0.5) is 0 Å². The van der Waals surface area contributed by atoms with Gasteiger partial charge in [-0.15, -0.1) is 10.2 Å².